The number of aryl methyl sites for hydroxylation is 1. The van der Waals surface area contributed by atoms with Crippen molar-refractivity contribution >= 4 is 23.8 Å². The molecule has 0 saturated heterocycles. The first kappa shape index (κ1) is 49.1. The number of carbonyl (C=O) groups is 4. The smallest absolute Gasteiger partial charge is 0.422 e. The number of halogens is 20. The molecule has 28 heteroatoms. The van der Waals surface area contributed by atoms with E-state index in [0.717, 1.165) is 19.1 Å². The number of ether oxygens (including phenoxy) is 3. The van der Waals surface area contributed by atoms with Crippen molar-refractivity contribution in [2.45, 2.75) is 80.6 Å². The molecule has 2 aromatic rings. The van der Waals surface area contributed by atoms with Crippen molar-refractivity contribution in [3.8, 4) is 17.2 Å². The molecule has 1 atom stereocenters. The Kier molecular flexibility index (Phi) is 14.1. The highest BCUT2D eigenvalue weighted by Gasteiger charge is 2.68. The third kappa shape index (κ3) is 10.9. The highest BCUT2D eigenvalue weighted by atomic mass is 19.4. The Morgan fingerprint density at radius 1 is 0.500 bits per heavy atom. The van der Waals surface area contributed by atoms with E-state index in [1.165, 1.54) is 0 Å². The van der Waals surface area contributed by atoms with Gasteiger partial charge in [-0.3, -0.25) is 4.79 Å². The summed E-state index contributed by atoms with van der Waals surface area (Å²) in [5.41, 5.74) is -0.755. The first-order chi connectivity index (χ1) is 25.9. The van der Waals surface area contributed by atoms with E-state index in [9.17, 15) is 107 Å². The van der Waals surface area contributed by atoms with Gasteiger partial charge in [0.25, 0.3) is 0 Å². The van der Waals surface area contributed by atoms with Gasteiger partial charge >= 0.3 is 72.2 Å². The van der Waals surface area contributed by atoms with Crippen LogP contribution in [0.15, 0.2) is 42.5 Å². The molecule has 0 aromatic heterocycles. The molecular weight excluding hydrogens is 866 g/mol. The zero-order valence-electron chi connectivity index (χ0n) is 27.8. The van der Waals surface area contributed by atoms with Gasteiger partial charge in [-0.25, -0.2) is 14.4 Å². The van der Waals surface area contributed by atoms with E-state index in [4.69, 9.17) is 0 Å². The van der Waals surface area contributed by atoms with Crippen LogP contribution in [0.1, 0.15) is 24.5 Å². The maximum atomic E-state index is 14.2. The average Bonchev–Trinajstić information content (AvgIpc) is 3.06. The summed E-state index contributed by atoms with van der Waals surface area (Å²) in [6, 6.07) is 1.85. The van der Waals surface area contributed by atoms with Gasteiger partial charge in [-0.1, -0.05) is 18.2 Å². The minimum atomic E-state index is -6.73. The van der Waals surface area contributed by atoms with Gasteiger partial charge in [0, 0.05) is 12.6 Å². The summed E-state index contributed by atoms with van der Waals surface area (Å²) >= 11 is 0. The topological polar surface area (TPSA) is 99.2 Å². The molecule has 0 heterocycles. The number of esters is 3. The Bertz CT molecular complexity index is 1820. The molecule has 0 radical (unpaired) electrons. The van der Waals surface area contributed by atoms with E-state index in [1.54, 1.807) is 0 Å². The van der Waals surface area contributed by atoms with Gasteiger partial charge < -0.3 is 19.1 Å². The average molecular weight is 885 g/mol. The number of rotatable bonds is 14. The highest BCUT2D eigenvalue weighted by molar-refractivity contribution is 5.85. The van der Waals surface area contributed by atoms with Crippen LogP contribution in [0.4, 0.5) is 87.8 Å². The second-order valence-corrected chi connectivity index (χ2v) is 11.5. The van der Waals surface area contributed by atoms with Gasteiger partial charge in [0.15, 0.2) is 11.5 Å². The summed E-state index contributed by atoms with van der Waals surface area (Å²) in [6.45, 7) is -0.471. The van der Waals surface area contributed by atoms with E-state index in [0.29, 0.717) is 18.2 Å². The second-order valence-electron chi connectivity index (χ2n) is 11.5. The normalized spacial score (nSPS) is 14.1. The highest BCUT2D eigenvalue weighted by Crippen LogP contribution is 2.42. The number of benzene rings is 2. The van der Waals surface area contributed by atoms with Gasteiger partial charge in [-0.05, 0) is 61.6 Å². The largest absolute Gasteiger partial charge is 0.465 e. The monoisotopic (exact) mass is 885 g/mol. The van der Waals surface area contributed by atoms with E-state index in [2.05, 4.69) is 14.2 Å². The first-order valence-electron chi connectivity index (χ1n) is 14.9. The molecule has 0 spiro atoms. The second kappa shape index (κ2) is 16.6. The lowest BCUT2D eigenvalue weighted by atomic mass is 10.0. The van der Waals surface area contributed by atoms with E-state index in [-0.39, 0.29) is 22.6 Å². The number of amides is 1. The molecule has 0 aliphatic rings. The van der Waals surface area contributed by atoms with Crippen LogP contribution in [0, 0.1) is 0 Å². The number of alkyl halides is 20. The predicted octanol–water partition coefficient (Wildman–Crippen LogP) is 8.59. The lowest BCUT2D eigenvalue weighted by Crippen LogP contribution is -2.55. The van der Waals surface area contributed by atoms with E-state index in [1.807, 2.05) is 0 Å². The standard InChI is InChI=1S/C30H19F20NO7/c1-13(2-3-14-4-7-16(8-5-14)56-20(53)24(33,34)28(42,43)44)51(19(52)23(31,32)27(39,40)41)11-10-15-6-9-17(57-21(54)25(35,36)29(45,46)47)18(12-15)58-22(55)26(37,38)30(48,49)50/h4-9,12-13H,2-3,10-11H2,1H3. The Hall–Kier alpha value is -5.08. The molecular formula is C30H19F20NO7. The molecule has 1 amide bonds. The summed E-state index contributed by atoms with van der Waals surface area (Å²) < 4.78 is 273. The third-order valence-electron chi connectivity index (χ3n) is 7.29. The van der Waals surface area contributed by atoms with E-state index >= 15 is 0 Å². The molecule has 0 fully saturated rings. The molecule has 0 aliphatic heterocycles. The molecule has 326 valence electrons. The quantitative estimate of drug-likeness (QED) is 0.107. The van der Waals surface area contributed by atoms with Crippen LogP contribution in [0.2, 0.25) is 0 Å². The fourth-order valence-corrected chi connectivity index (χ4v) is 4.05. The van der Waals surface area contributed by atoms with Crippen LogP contribution >= 0.6 is 0 Å². The summed E-state index contributed by atoms with van der Waals surface area (Å²) in [5.74, 6) is -42.7. The minimum Gasteiger partial charge on any atom is -0.422 e. The van der Waals surface area contributed by atoms with Gasteiger partial charge in [0.05, 0.1) is 0 Å². The van der Waals surface area contributed by atoms with Crippen molar-refractivity contribution in [1.82, 2.24) is 4.90 Å². The van der Waals surface area contributed by atoms with Crippen molar-refractivity contribution in [2.75, 3.05) is 6.54 Å². The molecule has 0 aliphatic carbocycles. The van der Waals surface area contributed by atoms with Gasteiger partial charge in [0.1, 0.15) is 5.75 Å². The maximum absolute atomic E-state index is 14.2. The fourth-order valence-electron chi connectivity index (χ4n) is 4.05. The molecule has 0 N–H and O–H groups in total. The van der Waals surface area contributed by atoms with Gasteiger partial charge in [-0.2, -0.15) is 87.8 Å². The number of hydrogen-bond acceptors (Lipinski definition) is 7. The Balaban J connectivity index is 2.45. The Labute approximate surface area is 308 Å². The van der Waals surface area contributed by atoms with Crippen LogP contribution in [-0.4, -0.2) is 89.7 Å². The molecule has 0 bridgehead atoms. The molecule has 1 unspecified atom stereocenters. The first-order valence-corrected chi connectivity index (χ1v) is 14.9. The molecule has 58 heavy (non-hydrogen) atoms. The maximum Gasteiger partial charge on any atom is 0.465 e. The SMILES string of the molecule is CC(CCc1ccc(OC(=O)C(F)(F)C(F)(F)F)cc1)N(CCc1ccc(OC(=O)C(F)(F)C(F)(F)F)c(OC(=O)C(F)(F)C(F)(F)F)c1)C(=O)C(F)(F)C(F)(F)F. The Morgan fingerprint density at radius 2 is 0.879 bits per heavy atom. The number of hydrogen-bond donors (Lipinski definition) is 0. The van der Waals surface area contributed by atoms with Crippen molar-refractivity contribution in [2.24, 2.45) is 0 Å². The number of nitrogens with zero attached hydrogens (tertiary/aromatic N) is 1. The van der Waals surface area contributed by atoms with Crippen molar-refractivity contribution in [3.05, 3.63) is 53.6 Å². The van der Waals surface area contributed by atoms with Gasteiger partial charge in [-0.15, -0.1) is 0 Å². The van der Waals surface area contributed by atoms with Crippen molar-refractivity contribution in [1.29, 1.82) is 0 Å². The molecule has 0 saturated carbocycles. The fraction of sp³-hybridized carbons (Fsp3) is 0.467. The third-order valence-corrected chi connectivity index (χ3v) is 7.29. The summed E-state index contributed by atoms with van der Waals surface area (Å²) in [4.78, 5) is 46.8. The predicted molar refractivity (Wildman–Crippen MR) is 147 cm³/mol. The van der Waals surface area contributed by atoms with Crippen LogP contribution in [0.3, 0.4) is 0 Å². The molecule has 2 aromatic carbocycles. The number of carbonyl (C=O) groups excluding carboxylic acids is 4. The molecule has 8 nitrogen and oxygen atoms in total. The Morgan fingerprint density at radius 3 is 1.29 bits per heavy atom. The van der Waals surface area contributed by atoms with Gasteiger partial charge in [0.2, 0.25) is 0 Å². The summed E-state index contributed by atoms with van der Waals surface area (Å²) in [6.07, 6.45) is -28.5. The lowest BCUT2D eigenvalue weighted by Gasteiger charge is -2.33. The molecule has 2 rings (SSSR count). The van der Waals surface area contributed by atoms with Crippen molar-refractivity contribution in [3.63, 3.8) is 0 Å². The van der Waals surface area contributed by atoms with Crippen LogP contribution < -0.4 is 14.2 Å². The van der Waals surface area contributed by atoms with Crippen LogP contribution in [0.25, 0.3) is 0 Å². The summed E-state index contributed by atoms with van der Waals surface area (Å²) in [5, 5.41) is 0. The van der Waals surface area contributed by atoms with Crippen molar-refractivity contribution < 1.29 is 121 Å². The summed E-state index contributed by atoms with van der Waals surface area (Å²) in [7, 11) is 0. The van der Waals surface area contributed by atoms with Crippen LogP contribution in [-0.2, 0) is 32.0 Å². The van der Waals surface area contributed by atoms with Crippen LogP contribution in [0.5, 0.6) is 17.2 Å². The lowest BCUT2D eigenvalue weighted by molar-refractivity contribution is -0.277. The van der Waals surface area contributed by atoms with E-state index < -0.39 is 127 Å². The zero-order valence-corrected chi connectivity index (χ0v) is 27.8. The zero-order chi connectivity index (χ0) is 45.3. The minimum absolute atomic E-state index is 0.00689.